The van der Waals surface area contributed by atoms with Crippen molar-refractivity contribution in [1.82, 2.24) is 0 Å². The monoisotopic (exact) mass is 151 g/mol. The maximum atomic E-state index is 12.6. The summed E-state index contributed by atoms with van der Waals surface area (Å²) in [6.07, 6.45) is -2.91. The summed E-state index contributed by atoms with van der Waals surface area (Å²) < 4.78 is 25.2. The first-order valence-corrected chi connectivity index (χ1v) is 3.31. The lowest BCUT2D eigenvalue weighted by atomic mass is 10.1. The van der Waals surface area contributed by atoms with E-state index >= 15 is 0 Å². The molecule has 4 unspecified atom stereocenters. The fourth-order valence-corrected chi connectivity index (χ4v) is 1.28. The number of hydrogen-bond donors (Lipinski definition) is 2. The Morgan fingerprint density at radius 1 is 1.40 bits per heavy atom. The lowest BCUT2D eigenvalue weighted by molar-refractivity contribution is 0.117. The molecular formula is C6H11F2NO. The highest BCUT2D eigenvalue weighted by Crippen LogP contribution is 2.29. The first kappa shape index (κ1) is 7.88. The highest BCUT2D eigenvalue weighted by molar-refractivity contribution is 4.93. The van der Waals surface area contributed by atoms with Crippen LogP contribution in [0.2, 0.25) is 0 Å². The van der Waals surface area contributed by atoms with E-state index < -0.39 is 24.3 Å². The molecule has 0 saturated heterocycles. The third-order valence-corrected chi connectivity index (χ3v) is 1.97. The summed E-state index contributed by atoms with van der Waals surface area (Å²) in [7, 11) is 0. The fourth-order valence-electron chi connectivity index (χ4n) is 1.28. The van der Waals surface area contributed by atoms with Gasteiger partial charge in [-0.25, -0.2) is 8.78 Å². The van der Waals surface area contributed by atoms with E-state index in [-0.39, 0.29) is 13.0 Å². The molecule has 60 valence electrons. The second-order valence-corrected chi connectivity index (χ2v) is 2.73. The summed E-state index contributed by atoms with van der Waals surface area (Å²) in [4.78, 5) is 0. The summed E-state index contributed by atoms with van der Waals surface area (Å²) in [5.74, 6) is -0.593. The van der Waals surface area contributed by atoms with E-state index in [0.717, 1.165) is 0 Å². The Balaban J connectivity index is 2.53. The lowest BCUT2D eigenvalue weighted by Crippen LogP contribution is -2.30. The van der Waals surface area contributed by atoms with Crippen molar-refractivity contribution in [2.45, 2.75) is 24.8 Å². The Morgan fingerprint density at radius 2 is 2.00 bits per heavy atom. The van der Waals surface area contributed by atoms with Crippen LogP contribution in [0.25, 0.3) is 0 Å². The van der Waals surface area contributed by atoms with E-state index in [2.05, 4.69) is 0 Å². The Hall–Kier alpha value is -0.220. The van der Waals surface area contributed by atoms with Crippen molar-refractivity contribution in [2.24, 2.45) is 11.7 Å². The van der Waals surface area contributed by atoms with Crippen LogP contribution in [0.5, 0.6) is 0 Å². The van der Waals surface area contributed by atoms with E-state index in [1.807, 2.05) is 0 Å². The van der Waals surface area contributed by atoms with Gasteiger partial charge in [0, 0.05) is 18.6 Å². The topological polar surface area (TPSA) is 46.2 Å². The van der Waals surface area contributed by atoms with Crippen molar-refractivity contribution in [2.75, 3.05) is 6.61 Å². The van der Waals surface area contributed by atoms with Crippen LogP contribution in [-0.4, -0.2) is 30.1 Å². The third-order valence-electron chi connectivity index (χ3n) is 1.97. The van der Waals surface area contributed by atoms with Crippen LogP contribution < -0.4 is 5.73 Å². The van der Waals surface area contributed by atoms with Gasteiger partial charge in [-0.15, -0.1) is 0 Å². The van der Waals surface area contributed by atoms with Gasteiger partial charge in [0.15, 0.2) is 0 Å². The molecule has 0 aromatic carbocycles. The molecule has 4 atom stereocenters. The number of rotatable bonds is 1. The van der Waals surface area contributed by atoms with Gasteiger partial charge in [0.05, 0.1) is 0 Å². The highest BCUT2D eigenvalue weighted by Gasteiger charge is 2.41. The number of alkyl halides is 2. The van der Waals surface area contributed by atoms with Crippen molar-refractivity contribution < 1.29 is 13.9 Å². The number of aliphatic hydroxyl groups is 1. The molecule has 3 N–H and O–H groups in total. The molecule has 1 rings (SSSR count). The van der Waals surface area contributed by atoms with Gasteiger partial charge >= 0.3 is 0 Å². The van der Waals surface area contributed by atoms with Gasteiger partial charge in [0.25, 0.3) is 0 Å². The maximum Gasteiger partial charge on any atom is 0.146 e. The van der Waals surface area contributed by atoms with E-state index in [4.69, 9.17) is 10.8 Å². The molecule has 0 spiro atoms. The van der Waals surface area contributed by atoms with Crippen LogP contribution in [0.4, 0.5) is 8.78 Å². The van der Waals surface area contributed by atoms with Gasteiger partial charge in [-0.2, -0.15) is 0 Å². The lowest BCUT2D eigenvalue weighted by Gasteiger charge is -2.08. The predicted octanol–water partition coefficient (Wildman–Crippen LogP) is 0.00210. The van der Waals surface area contributed by atoms with Gasteiger partial charge in [-0.1, -0.05) is 0 Å². The summed E-state index contributed by atoms with van der Waals surface area (Å²) in [6.45, 7) is -0.310. The van der Waals surface area contributed by atoms with Gasteiger partial charge in [-0.3, -0.25) is 0 Å². The van der Waals surface area contributed by atoms with Crippen molar-refractivity contribution in [3.63, 3.8) is 0 Å². The molecule has 0 bridgehead atoms. The van der Waals surface area contributed by atoms with Gasteiger partial charge in [0.2, 0.25) is 0 Å². The second-order valence-electron chi connectivity index (χ2n) is 2.73. The third kappa shape index (κ3) is 1.13. The molecule has 0 aliphatic heterocycles. The SMILES string of the molecule is NC1CC(CO)C(F)C1F. The molecule has 0 radical (unpaired) electrons. The summed E-state index contributed by atoms with van der Waals surface area (Å²) in [5.41, 5.74) is 5.21. The maximum absolute atomic E-state index is 12.6. The molecule has 0 aromatic heterocycles. The first-order chi connectivity index (χ1) is 4.66. The van der Waals surface area contributed by atoms with Crippen LogP contribution in [0.3, 0.4) is 0 Å². The fraction of sp³-hybridized carbons (Fsp3) is 1.00. The number of halogens is 2. The van der Waals surface area contributed by atoms with Crippen molar-refractivity contribution in [3.8, 4) is 0 Å². The van der Waals surface area contributed by atoms with E-state index in [9.17, 15) is 8.78 Å². The minimum atomic E-state index is -1.59. The summed E-state index contributed by atoms with van der Waals surface area (Å²) >= 11 is 0. The first-order valence-electron chi connectivity index (χ1n) is 3.31. The average molecular weight is 151 g/mol. The van der Waals surface area contributed by atoms with Crippen LogP contribution >= 0.6 is 0 Å². The minimum Gasteiger partial charge on any atom is -0.396 e. The Bertz CT molecular complexity index is 122. The number of nitrogens with two attached hydrogens (primary N) is 1. The van der Waals surface area contributed by atoms with Crippen LogP contribution in [0.15, 0.2) is 0 Å². The minimum absolute atomic E-state index is 0.249. The molecule has 1 fully saturated rings. The Morgan fingerprint density at radius 3 is 2.20 bits per heavy atom. The average Bonchev–Trinajstić information content (AvgIpc) is 2.17. The molecule has 1 aliphatic carbocycles. The van der Waals surface area contributed by atoms with Gasteiger partial charge in [-0.05, 0) is 6.42 Å². The zero-order valence-corrected chi connectivity index (χ0v) is 5.50. The number of aliphatic hydroxyl groups excluding tert-OH is 1. The standard InChI is InChI=1S/C6H11F2NO/c7-5-3(2-10)1-4(9)6(5)8/h3-6,10H,1-2,9H2. The van der Waals surface area contributed by atoms with E-state index in [1.165, 1.54) is 0 Å². The van der Waals surface area contributed by atoms with Gasteiger partial charge in [0.1, 0.15) is 12.3 Å². The zero-order valence-electron chi connectivity index (χ0n) is 5.50. The predicted molar refractivity (Wildman–Crippen MR) is 33.0 cm³/mol. The molecule has 4 heteroatoms. The molecule has 0 amide bonds. The molecular weight excluding hydrogens is 140 g/mol. The summed E-state index contributed by atoms with van der Waals surface area (Å²) in [5, 5.41) is 8.51. The quantitative estimate of drug-likeness (QED) is 0.554. The van der Waals surface area contributed by atoms with Crippen LogP contribution in [0.1, 0.15) is 6.42 Å². The number of hydrogen-bond acceptors (Lipinski definition) is 2. The Kier molecular flexibility index (Phi) is 2.21. The largest absolute Gasteiger partial charge is 0.396 e. The smallest absolute Gasteiger partial charge is 0.146 e. The zero-order chi connectivity index (χ0) is 7.72. The molecule has 1 aliphatic rings. The highest BCUT2D eigenvalue weighted by atomic mass is 19.2. The molecule has 0 aromatic rings. The van der Waals surface area contributed by atoms with E-state index in [0.29, 0.717) is 0 Å². The normalized spacial score (nSPS) is 48.0. The summed E-state index contributed by atoms with van der Waals surface area (Å²) in [6, 6.07) is -0.729. The van der Waals surface area contributed by atoms with Crippen molar-refractivity contribution in [3.05, 3.63) is 0 Å². The molecule has 0 heterocycles. The van der Waals surface area contributed by atoms with E-state index in [1.54, 1.807) is 0 Å². The molecule has 1 saturated carbocycles. The van der Waals surface area contributed by atoms with Crippen molar-refractivity contribution in [1.29, 1.82) is 0 Å². The molecule has 10 heavy (non-hydrogen) atoms. The van der Waals surface area contributed by atoms with Crippen molar-refractivity contribution >= 4 is 0 Å². The second kappa shape index (κ2) is 2.80. The van der Waals surface area contributed by atoms with Crippen LogP contribution in [-0.2, 0) is 0 Å². The van der Waals surface area contributed by atoms with Gasteiger partial charge < -0.3 is 10.8 Å². The Labute approximate surface area is 58.0 Å². The molecule has 2 nitrogen and oxygen atoms in total. The van der Waals surface area contributed by atoms with Crippen LogP contribution in [0, 0.1) is 5.92 Å².